The van der Waals surface area contributed by atoms with Crippen molar-refractivity contribution in [1.29, 1.82) is 0 Å². The molecule has 0 aromatic carbocycles. The summed E-state index contributed by atoms with van der Waals surface area (Å²) in [4.78, 5) is 2.42. The van der Waals surface area contributed by atoms with Gasteiger partial charge in [-0.25, -0.2) is 0 Å². The van der Waals surface area contributed by atoms with Gasteiger partial charge in [0.2, 0.25) is 0 Å². The highest BCUT2D eigenvalue weighted by molar-refractivity contribution is 5.04. The van der Waals surface area contributed by atoms with Crippen LogP contribution in [0.25, 0.3) is 0 Å². The van der Waals surface area contributed by atoms with Crippen LogP contribution in [0.15, 0.2) is 12.3 Å². The molecule has 1 spiro atoms. The molecular formula is C20H35N3O. The molecule has 2 aliphatic rings. The van der Waals surface area contributed by atoms with Gasteiger partial charge in [-0.15, -0.1) is 0 Å². The minimum atomic E-state index is 0.158. The van der Waals surface area contributed by atoms with Crippen LogP contribution in [-0.4, -0.2) is 40.5 Å². The van der Waals surface area contributed by atoms with Crippen molar-refractivity contribution in [2.24, 2.45) is 5.41 Å². The fourth-order valence-electron chi connectivity index (χ4n) is 4.60. The normalized spacial score (nSPS) is 29.6. The standard InChI is InChI=1S/C20H35N3O/c1-5-6-13-22(4)14-18-9-12-21-23(18)17-7-10-20(11-8-17)15-19(2,3)16-24-20/h9,12,17H,5-8,10-11,13-16H2,1-4H3. The van der Waals surface area contributed by atoms with Crippen LogP contribution in [0.4, 0.5) is 0 Å². The summed E-state index contributed by atoms with van der Waals surface area (Å²) < 4.78 is 8.56. The van der Waals surface area contributed by atoms with E-state index in [9.17, 15) is 0 Å². The van der Waals surface area contributed by atoms with E-state index in [2.05, 4.69) is 48.6 Å². The van der Waals surface area contributed by atoms with Gasteiger partial charge in [0.1, 0.15) is 0 Å². The second-order valence-electron chi connectivity index (χ2n) is 8.90. The van der Waals surface area contributed by atoms with Gasteiger partial charge in [0, 0.05) is 12.7 Å². The van der Waals surface area contributed by atoms with E-state index in [0.29, 0.717) is 11.5 Å². The predicted octanol–water partition coefficient (Wildman–Crippen LogP) is 4.42. The van der Waals surface area contributed by atoms with Crippen molar-refractivity contribution in [3.8, 4) is 0 Å². The highest BCUT2D eigenvalue weighted by Crippen LogP contribution is 2.48. The molecule has 1 aromatic heterocycles. The van der Waals surface area contributed by atoms with Gasteiger partial charge in [0.15, 0.2) is 0 Å². The average Bonchev–Trinajstić information content (AvgIpc) is 3.11. The molecule has 0 bridgehead atoms. The van der Waals surface area contributed by atoms with Crippen molar-refractivity contribution in [3.05, 3.63) is 18.0 Å². The Morgan fingerprint density at radius 2 is 2.08 bits per heavy atom. The molecular weight excluding hydrogens is 298 g/mol. The molecule has 1 aliphatic heterocycles. The molecule has 24 heavy (non-hydrogen) atoms. The van der Waals surface area contributed by atoms with Crippen molar-refractivity contribution < 1.29 is 4.74 Å². The van der Waals surface area contributed by atoms with Gasteiger partial charge in [0.05, 0.1) is 23.9 Å². The second kappa shape index (κ2) is 7.17. The van der Waals surface area contributed by atoms with Gasteiger partial charge in [-0.05, 0) is 63.6 Å². The van der Waals surface area contributed by atoms with Crippen molar-refractivity contribution in [1.82, 2.24) is 14.7 Å². The maximum absolute atomic E-state index is 6.26. The Labute approximate surface area is 147 Å². The van der Waals surface area contributed by atoms with Gasteiger partial charge in [-0.1, -0.05) is 27.2 Å². The molecule has 0 unspecified atom stereocenters. The molecule has 1 aliphatic carbocycles. The van der Waals surface area contributed by atoms with E-state index in [-0.39, 0.29) is 5.60 Å². The highest BCUT2D eigenvalue weighted by atomic mass is 16.5. The molecule has 2 fully saturated rings. The van der Waals surface area contributed by atoms with Gasteiger partial charge >= 0.3 is 0 Å². The van der Waals surface area contributed by atoms with Crippen LogP contribution in [0, 0.1) is 5.41 Å². The minimum absolute atomic E-state index is 0.158. The third kappa shape index (κ3) is 4.02. The quantitative estimate of drug-likeness (QED) is 0.772. The topological polar surface area (TPSA) is 30.3 Å². The molecule has 1 aromatic rings. The van der Waals surface area contributed by atoms with Gasteiger partial charge in [0.25, 0.3) is 0 Å². The lowest BCUT2D eigenvalue weighted by atomic mass is 9.75. The lowest BCUT2D eigenvalue weighted by Crippen LogP contribution is -2.35. The van der Waals surface area contributed by atoms with Gasteiger partial charge < -0.3 is 9.64 Å². The predicted molar refractivity (Wildman–Crippen MR) is 98.1 cm³/mol. The zero-order valence-electron chi connectivity index (χ0n) is 16.1. The maximum atomic E-state index is 6.26. The maximum Gasteiger partial charge on any atom is 0.0690 e. The zero-order valence-corrected chi connectivity index (χ0v) is 16.1. The lowest BCUT2D eigenvalue weighted by molar-refractivity contribution is -0.0354. The van der Waals surface area contributed by atoms with Crippen molar-refractivity contribution in [3.63, 3.8) is 0 Å². The Kier molecular flexibility index (Phi) is 5.36. The number of unbranched alkanes of at least 4 members (excludes halogenated alkanes) is 1. The summed E-state index contributed by atoms with van der Waals surface area (Å²) in [5.74, 6) is 0. The third-order valence-corrected chi connectivity index (χ3v) is 5.86. The summed E-state index contributed by atoms with van der Waals surface area (Å²) in [6.07, 6.45) is 10.5. The number of hydrogen-bond acceptors (Lipinski definition) is 3. The van der Waals surface area contributed by atoms with E-state index in [1.54, 1.807) is 0 Å². The van der Waals surface area contributed by atoms with Crippen LogP contribution in [0.3, 0.4) is 0 Å². The first-order valence-electron chi connectivity index (χ1n) is 9.78. The molecule has 4 heteroatoms. The monoisotopic (exact) mass is 333 g/mol. The zero-order chi connectivity index (χ0) is 17.2. The van der Waals surface area contributed by atoms with Crippen LogP contribution < -0.4 is 0 Å². The number of nitrogens with zero attached hydrogens (tertiary/aromatic N) is 3. The SMILES string of the molecule is CCCCN(C)Cc1ccnn1C1CCC2(CC1)CC(C)(C)CO2. The van der Waals surface area contributed by atoms with Crippen LogP contribution in [0.2, 0.25) is 0 Å². The first-order chi connectivity index (χ1) is 11.4. The second-order valence-corrected chi connectivity index (χ2v) is 8.90. The summed E-state index contributed by atoms with van der Waals surface area (Å²) in [6.45, 7) is 10.0. The van der Waals surface area contributed by atoms with Crippen molar-refractivity contribution in [2.45, 2.75) is 83.9 Å². The molecule has 0 atom stereocenters. The average molecular weight is 334 g/mol. The fourth-order valence-corrected chi connectivity index (χ4v) is 4.60. The first kappa shape index (κ1) is 17.9. The largest absolute Gasteiger partial charge is 0.374 e. The third-order valence-electron chi connectivity index (χ3n) is 5.86. The van der Waals surface area contributed by atoms with E-state index in [1.165, 1.54) is 57.2 Å². The van der Waals surface area contributed by atoms with E-state index < -0.39 is 0 Å². The molecule has 3 rings (SSSR count). The van der Waals surface area contributed by atoms with E-state index in [4.69, 9.17) is 4.74 Å². The molecule has 1 saturated heterocycles. The van der Waals surface area contributed by atoms with E-state index >= 15 is 0 Å². The molecule has 2 heterocycles. The highest BCUT2D eigenvalue weighted by Gasteiger charge is 2.46. The van der Waals surface area contributed by atoms with Crippen LogP contribution >= 0.6 is 0 Å². The number of aromatic nitrogens is 2. The minimum Gasteiger partial charge on any atom is -0.374 e. The number of hydrogen-bond donors (Lipinski definition) is 0. The van der Waals surface area contributed by atoms with Gasteiger partial charge in [-0.2, -0.15) is 5.10 Å². The van der Waals surface area contributed by atoms with Crippen LogP contribution in [0.5, 0.6) is 0 Å². The molecule has 1 saturated carbocycles. The fraction of sp³-hybridized carbons (Fsp3) is 0.850. The Morgan fingerprint density at radius 3 is 2.71 bits per heavy atom. The Bertz CT molecular complexity index is 529. The smallest absolute Gasteiger partial charge is 0.0690 e. The molecule has 0 amide bonds. The van der Waals surface area contributed by atoms with Gasteiger partial charge in [-0.3, -0.25) is 4.68 Å². The molecule has 0 N–H and O–H groups in total. The Hall–Kier alpha value is -0.870. The molecule has 4 nitrogen and oxygen atoms in total. The van der Waals surface area contributed by atoms with Crippen LogP contribution in [0.1, 0.15) is 77.5 Å². The summed E-state index contributed by atoms with van der Waals surface area (Å²) in [5, 5.41) is 4.67. The lowest BCUT2D eigenvalue weighted by Gasteiger charge is -2.37. The van der Waals surface area contributed by atoms with Crippen LogP contribution in [-0.2, 0) is 11.3 Å². The molecule has 136 valence electrons. The van der Waals surface area contributed by atoms with E-state index in [1.807, 2.05) is 6.20 Å². The first-order valence-corrected chi connectivity index (χ1v) is 9.78. The Balaban J connectivity index is 1.58. The van der Waals surface area contributed by atoms with Crippen molar-refractivity contribution >= 4 is 0 Å². The number of ether oxygens (including phenoxy) is 1. The summed E-state index contributed by atoms with van der Waals surface area (Å²) in [7, 11) is 2.22. The summed E-state index contributed by atoms with van der Waals surface area (Å²) in [5.41, 5.74) is 1.87. The molecule has 0 radical (unpaired) electrons. The van der Waals surface area contributed by atoms with Crippen molar-refractivity contribution in [2.75, 3.05) is 20.2 Å². The summed E-state index contributed by atoms with van der Waals surface area (Å²) in [6, 6.07) is 2.75. The number of rotatable bonds is 6. The Morgan fingerprint density at radius 1 is 1.33 bits per heavy atom. The summed E-state index contributed by atoms with van der Waals surface area (Å²) >= 11 is 0. The van der Waals surface area contributed by atoms with E-state index in [0.717, 1.165) is 13.2 Å².